The summed E-state index contributed by atoms with van der Waals surface area (Å²) in [5.41, 5.74) is 0. The second kappa shape index (κ2) is 46.4. The van der Waals surface area contributed by atoms with Gasteiger partial charge < -0.3 is 40.3 Å². The first-order valence-corrected chi connectivity index (χ1v) is 28.1. The Hall–Kier alpha value is -1.33. The number of aliphatic hydroxyl groups excluding tert-OH is 5. The molecule has 0 aliphatic carbocycles. The minimum atomic E-state index is -1.56. The van der Waals surface area contributed by atoms with Gasteiger partial charge in [0.25, 0.3) is 0 Å². The molecule has 1 amide bonds. The SMILES string of the molecule is CCCCCCCCCCCC/C=C/C(O)C(COC1OC(CO)C(O)C(O)C1O)NC(=O)CCCCCCCCCCCCCCCC/C=C\CCCCCCCCCCCCCC. The van der Waals surface area contributed by atoms with E-state index in [4.69, 9.17) is 9.47 Å². The number of hydrogen-bond acceptors (Lipinski definition) is 8. The quantitative estimate of drug-likeness (QED) is 0.0261. The predicted molar refractivity (Wildman–Crippen MR) is 272 cm³/mol. The van der Waals surface area contributed by atoms with E-state index in [0.29, 0.717) is 6.42 Å². The minimum absolute atomic E-state index is 0.174. The normalized spacial score (nSPS) is 20.0. The fourth-order valence-corrected chi connectivity index (χ4v) is 9.04. The van der Waals surface area contributed by atoms with E-state index in [9.17, 15) is 30.3 Å². The Morgan fingerprint density at radius 2 is 0.862 bits per heavy atom. The highest BCUT2D eigenvalue weighted by atomic mass is 16.7. The Bertz CT molecular complexity index is 1070. The maximum atomic E-state index is 13.0. The van der Waals surface area contributed by atoms with Crippen LogP contribution in [-0.4, -0.2) is 87.5 Å². The molecule has 0 aromatic heterocycles. The highest BCUT2D eigenvalue weighted by Crippen LogP contribution is 2.23. The smallest absolute Gasteiger partial charge is 0.220 e. The maximum absolute atomic E-state index is 13.0. The summed E-state index contributed by atoms with van der Waals surface area (Å²) in [5.74, 6) is -0.174. The van der Waals surface area contributed by atoms with Gasteiger partial charge >= 0.3 is 0 Å². The van der Waals surface area contributed by atoms with Gasteiger partial charge in [-0.05, 0) is 44.9 Å². The third-order valence-corrected chi connectivity index (χ3v) is 13.5. The molecule has 6 N–H and O–H groups in total. The lowest BCUT2D eigenvalue weighted by atomic mass is 9.99. The molecule has 0 aromatic rings. The van der Waals surface area contributed by atoms with Gasteiger partial charge in [-0.15, -0.1) is 0 Å². The van der Waals surface area contributed by atoms with E-state index in [2.05, 4.69) is 31.3 Å². The molecule has 1 saturated heterocycles. The van der Waals surface area contributed by atoms with E-state index < -0.39 is 49.5 Å². The van der Waals surface area contributed by atoms with Crippen LogP contribution in [0.1, 0.15) is 271 Å². The molecule has 0 spiro atoms. The van der Waals surface area contributed by atoms with E-state index in [-0.39, 0.29) is 12.5 Å². The van der Waals surface area contributed by atoms with Crippen LogP contribution in [0, 0.1) is 0 Å². The van der Waals surface area contributed by atoms with Gasteiger partial charge in [-0.3, -0.25) is 4.79 Å². The number of hydrogen-bond donors (Lipinski definition) is 6. The van der Waals surface area contributed by atoms with Gasteiger partial charge in [-0.1, -0.05) is 244 Å². The first kappa shape index (κ1) is 61.7. The van der Waals surface area contributed by atoms with Gasteiger partial charge in [0.05, 0.1) is 25.4 Å². The van der Waals surface area contributed by atoms with Crippen LogP contribution in [0.15, 0.2) is 24.3 Å². The molecule has 0 saturated carbocycles. The van der Waals surface area contributed by atoms with Crippen LogP contribution >= 0.6 is 0 Å². The van der Waals surface area contributed by atoms with E-state index in [0.717, 1.165) is 38.5 Å². The van der Waals surface area contributed by atoms with Gasteiger partial charge in [0.2, 0.25) is 5.91 Å². The second-order valence-electron chi connectivity index (χ2n) is 19.7. The van der Waals surface area contributed by atoms with Crippen molar-refractivity contribution in [3.8, 4) is 0 Å². The van der Waals surface area contributed by atoms with Crippen molar-refractivity contribution in [2.24, 2.45) is 0 Å². The summed E-state index contributed by atoms with van der Waals surface area (Å²) >= 11 is 0. The number of unbranched alkanes of at least 4 members (excludes halogenated alkanes) is 36. The van der Waals surface area contributed by atoms with Crippen LogP contribution in [0.25, 0.3) is 0 Å². The Kier molecular flexibility index (Phi) is 44.0. The molecule has 1 fully saturated rings. The number of carbonyl (C=O) groups excluding carboxylic acids is 1. The summed E-state index contributed by atoms with van der Waals surface area (Å²) < 4.78 is 11.2. The van der Waals surface area contributed by atoms with Crippen LogP contribution in [0.3, 0.4) is 0 Å². The third kappa shape index (κ3) is 36.3. The topological polar surface area (TPSA) is 149 Å². The summed E-state index contributed by atoms with van der Waals surface area (Å²) in [4.78, 5) is 13.0. The zero-order valence-electron chi connectivity index (χ0n) is 42.5. The first-order valence-electron chi connectivity index (χ1n) is 28.1. The van der Waals surface area contributed by atoms with E-state index >= 15 is 0 Å². The largest absolute Gasteiger partial charge is 0.394 e. The van der Waals surface area contributed by atoms with Crippen molar-refractivity contribution in [1.82, 2.24) is 5.32 Å². The molecular formula is C56H107NO8. The van der Waals surface area contributed by atoms with E-state index in [1.807, 2.05) is 6.08 Å². The number of aliphatic hydroxyl groups is 5. The molecule has 7 unspecified atom stereocenters. The third-order valence-electron chi connectivity index (χ3n) is 13.5. The van der Waals surface area contributed by atoms with Crippen molar-refractivity contribution in [2.45, 2.75) is 314 Å². The van der Waals surface area contributed by atoms with Crippen LogP contribution in [0.2, 0.25) is 0 Å². The van der Waals surface area contributed by atoms with Gasteiger partial charge in [-0.2, -0.15) is 0 Å². The molecule has 0 radical (unpaired) electrons. The van der Waals surface area contributed by atoms with Gasteiger partial charge in [0.15, 0.2) is 6.29 Å². The predicted octanol–water partition coefficient (Wildman–Crippen LogP) is 13.4. The summed E-state index contributed by atoms with van der Waals surface area (Å²) in [6, 6.07) is -0.801. The summed E-state index contributed by atoms with van der Waals surface area (Å²) in [7, 11) is 0. The van der Waals surface area contributed by atoms with Crippen LogP contribution in [0.5, 0.6) is 0 Å². The zero-order chi connectivity index (χ0) is 47.3. The van der Waals surface area contributed by atoms with E-state index in [1.54, 1.807) is 6.08 Å². The zero-order valence-corrected chi connectivity index (χ0v) is 42.5. The monoisotopic (exact) mass is 922 g/mol. The molecule has 1 aliphatic rings. The number of allylic oxidation sites excluding steroid dienone is 3. The fourth-order valence-electron chi connectivity index (χ4n) is 9.04. The lowest BCUT2D eigenvalue weighted by Gasteiger charge is -2.40. The molecule has 65 heavy (non-hydrogen) atoms. The van der Waals surface area contributed by atoms with Crippen LogP contribution < -0.4 is 5.32 Å². The molecule has 1 aliphatic heterocycles. The van der Waals surface area contributed by atoms with Crippen LogP contribution in [-0.2, 0) is 14.3 Å². The molecule has 9 heteroatoms. The Morgan fingerprint density at radius 3 is 1.25 bits per heavy atom. The molecule has 0 aromatic carbocycles. The lowest BCUT2D eigenvalue weighted by molar-refractivity contribution is -0.302. The minimum Gasteiger partial charge on any atom is -0.394 e. The molecule has 1 rings (SSSR count). The van der Waals surface area contributed by atoms with Crippen molar-refractivity contribution < 1.29 is 39.8 Å². The molecule has 9 nitrogen and oxygen atoms in total. The lowest BCUT2D eigenvalue weighted by Crippen LogP contribution is -2.60. The van der Waals surface area contributed by atoms with Crippen LogP contribution in [0.4, 0.5) is 0 Å². The van der Waals surface area contributed by atoms with E-state index in [1.165, 1.54) is 212 Å². The summed E-state index contributed by atoms with van der Waals surface area (Å²) in [6.07, 6.45) is 51.1. The second-order valence-corrected chi connectivity index (χ2v) is 19.7. The maximum Gasteiger partial charge on any atom is 0.220 e. The Labute approximate surface area is 400 Å². The molecular weight excluding hydrogens is 815 g/mol. The molecule has 1 heterocycles. The van der Waals surface area contributed by atoms with Crippen molar-refractivity contribution >= 4 is 5.91 Å². The number of ether oxygens (including phenoxy) is 2. The number of nitrogens with one attached hydrogen (secondary N) is 1. The molecule has 384 valence electrons. The highest BCUT2D eigenvalue weighted by molar-refractivity contribution is 5.76. The van der Waals surface area contributed by atoms with Gasteiger partial charge in [-0.25, -0.2) is 0 Å². The number of carbonyl (C=O) groups is 1. The molecule has 7 atom stereocenters. The highest BCUT2D eigenvalue weighted by Gasteiger charge is 2.44. The van der Waals surface area contributed by atoms with Crippen molar-refractivity contribution in [2.75, 3.05) is 13.2 Å². The number of rotatable bonds is 48. The average molecular weight is 922 g/mol. The van der Waals surface area contributed by atoms with Gasteiger partial charge in [0, 0.05) is 6.42 Å². The number of amides is 1. The summed E-state index contributed by atoms with van der Waals surface area (Å²) in [5, 5.41) is 54.3. The fraction of sp³-hybridized carbons (Fsp3) is 0.911. The van der Waals surface area contributed by atoms with Gasteiger partial charge in [0.1, 0.15) is 24.4 Å². The first-order chi connectivity index (χ1) is 31.8. The molecule has 0 bridgehead atoms. The standard InChI is InChI=1S/C56H107NO8/c1-3-5-7-9-11-13-15-17-18-19-20-21-22-23-24-25-26-27-28-29-30-31-32-33-34-36-38-40-42-44-46-52(60)57-49(48-64-56-55(63)54(62)53(61)51(47-58)65-56)50(59)45-43-41-39-37-35-16-14-12-10-8-6-4-2/h23-24,43,45,49-51,53-56,58-59,61-63H,3-22,25-42,44,46-48H2,1-2H3,(H,57,60)/b24-23-,45-43+. The average Bonchev–Trinajstić information content (AvgIpc) is 3.31. The Morgan fingerprint density at radius 1 is 0.508 bits per heavy atom. The van der Waals surface area contributed by atoms with Crippen molar-refractivity contribution in [1.29, 1.82) is 0 Å². The van der Waals surface area contributed by atoms with Crippen molar-refractivity contribution in [3.63, 3.8) is 0 Å². The summed E-state index contributed by atoms with van der Waals surface area (Å²) in [6.45, 7) is 3.79. The Balaban J connectivity index is 2.13. The van der Waals surface area contributed by atoms with Crippen molar-refractivity contribution in [3.05, 3.63) is 24.3 Å².